The van der Waals surface area contributed by atoms with E-state index in [0.717, 1.165) is 31.4 Å². The van der Waals surface area contributed by atoms with Crippen LogP contribution in [0.1, 0.15) is 25.0 Å². The van der Waals surface area contributed by atoms with E-state index in [1.54, 1.807) is 0 Å². The van der Waals surface area contributed by atoms with Gasteiger partial charge in [-0.2, -0.15) is 5.26 Å². The van der Waals surface area contributed by atoms with Crippen molar-refractivity contribution >= 4 is 0 Å². The molecule has 2 rings (SSSR count). The third-order valence-corrected chi connectivity index (χ3v) is 3.10. The van der Waals surface area contributed by atoms with Gasteiger partial charge in [0.1, 0.15) is 5.54 Å². The first-order valence-electron chi connectivity index (χ1n) is 5.32. The zero-order valence-electron chi connectivity index (χ0n) is 8.69. The number of nitriles is 1. The first kappa shape index (κ1) is 10.1. The monoisotopic (exact) mass is 201 g/mol. The fraction of sp³-hybridized carbons (Fsp3) is 0.500. The molecule has 1 fully saturated rings. The van der Waals surface area contributed by atoms with E-state index in [4.69, 9.17) is 11.0 Å². The van der Waals surface area contributed by atoms with Crippen LogP contribution in [0.5, 0.6) is 0 Å². The van der Waals surface area contributed by atoms with Gasteiger partial charge >= 0.3 is 0 Å². The lowest BCUT2D eigenvalue weighted by Gasteiger charge is -2.13. The summed E-state index contributed by atoms with van der Waals surface area (Å²) < 4.78 is 0. The molecule has 2 N–H and O–H groups in total. The smallest absolute Gasteiger partial charge is 0.104 e. The van der Waals surface area contributed by atoms with Gasteiger partial charge in [-0.05, 0) is 43.7 Å². The Bertz CT molecular complexity index is 368. The van der Waals surface area contributed by atoms with Crippen LogP contribution in [0.2, 0.25) is 0 Å². The van der Waals surface area contributed by atoms with Crippen molar-refractivity contribution in [2.75, 3.05) is 0 Å². The third kappa shape index (κ3) is 2.34. The van der Waals surface area contributed by atoms with Crippen LogP contribution in [0.25, 0.3) is 0 Å². The minimum atomic E-state index is -0.584. The molecule has 0 saturated heterocycles. The number of hydrogen-bond acceptors (Lipinski definition) is 3. The van der Waals surface area contributed by atoms with Gasteiger partial charge in [0.05, 0.1) is 6.07 Å². The van der Waals surface area contributed by atoms with Crippen LogP contribution < -0.4 is 5.73 Å². The van der Waals surface area contributed by atoms with Crippen molar-refractivity contribution in [3.63, 3.8) is 0 Å². The molecule has 2 unspecified atom stereocenters. The van der Waals surface area contributed by atoms with E-state index in [-0.39, 0.29) is 0 Å². The van der Waals surface area contributed by atoms with Gasteiger partial charge in [0.2, 0.25) is 0 Å². The third-order valence-electron chi connectivity index (χ3n) is 3.10. The van der Waals surface area contributed by atoms with Crippen LogP contribution in [0.4, 0.5) is 0 Å². The van der Waals surface area contributed by atoms with Gasteiger partial charge < -0.3 is 5.73 Å². The van der Waals surface area contributed by atoms with Crippen LogP contribution in [0.3, 0.4) is 0 Å². The summed E-state index contributed by atoms with van der Waals surface area (Å²) in [6.45, 7) is 0. The van der Waals surface area contributed by atoms with Gasteiger partial charge in [-0.15, -0.1) is 0 Å². The molecule has 1 aromatic rings. The highest BCUT2D eigenvalue weighted by Crippen LogP contribution is 2.33. The Morgan fingerprint density at radius 2 is 2.47 bits per heavy atom. The molecule has 0 aromatic carbocycles. The molecular weight excluding hydrogens is 186 g/mol. The lowest BCUT2D eigenvalue weighted by molar-refractivity contribution is 0.492. The molecule has 0 radical (unpaired) electrons. The summed E-state index contributed by atoms with van der Waals surface area (Å²) >= 11 is 0. The zero-order valence-corrected chi connectivity index (χ0v) is 8.69. The average molecular weight is 201 g/mol. The molecule has 1 aliphatic carbocycles. The lowest BCUT2D eigenvalue weighted by atomic mass is 9.96. The Morgan fingerprint density at radius 3 is 3.07 bits per heavy atom. The second kappa shape index (κ2) is 4.00. The highest BCUT2D eigenvalue weighted by atomic mass is 14.8. The SMILES string of the molecule is N#CC1(N)CCC(Cc2ccccn2)C1. The van der Waals surface area contributed by atoms with Crippen molar-refractivity contribution in [1.82, 2.24) is 4.98 Å². The van der Waals surface area contributed by atoms with E-state index < -0.39 is 5.54 Å². The summed E-state index contributed by atoms with van der Waals surface area (Å²) in [6.07, 6.45) is 5.42. The Balaban J connectivity index is 1.97. The number of aromatic nitrogens is 1. The van der Waals surface area contributed by atoms with Crippen molar-refractivity contribution < 1.29 is 0 Å². The fourth-order valence-electron chi connectivity index (χ4n) is 2.27. The van der Waals surface area contributed by atoms with Crippen LogP contribution in [-0.4, -0.2) is 10.5 Å². The second-order valence-electron chi connectivity index (χ2n) is 4.40. The standard InChI is InChI=1S/C12H15N3/c13-9-12(14)5-4-10(8-12)7-11-3-1-2-6-15-11/h1-3,6,10H,4-5,7-8,14H2. The second-order valence-corrected chi connectivity index (χ2v) is 4.40. The minimum Gasteiger partial charge on any atom is -0.313 e. The van der Waals surface area contributed by atoms with Gasteiger partial charge in [0, 0.05) is 11.9 Å². The van der Waals surface area contributed by atoms with E-state index in [1.165, 1.54) is 0 Å². The average Bonchev–Trinajstić information content (AvgIpc) is 2.63. The summed E-state index contributed by atoms with van der Waals surface area (Å²) in [5, 5.41) is 8.92. The minimum absolute atomic E-state index is 0.518. The van der Waals surface area contributed by atoms with Gasteiger partial charge in [-0.3, -0.25) is 4.98 Å². The molecule has 3 heteroatoms. The quantitative estimate of drug-likeness (QED) is 0.791. The predicted octanol–water partition coefficient (Wildman–Crippen LogP) is 1.65. The maximum atomic E-state index is 8.92. The summed E-state index contributed by atoms with van der Waals surface area (Å²) in [6, 6.07) is 8.16. The normalized spacial score (nSPS) is 30.0. The van der Waals surface area contributed by atoms with Crippen LogP contribution in [0, 0.1) is 17.2 Å². The van der Waals surface area contributed by atoms with Crippen LogP contribution in [-0.2, 0) is 6.42 Å². The van der Waals surface area contributed by atoms with Gasteiger partial charge in [0.25, 0.3) is 0 Å². The van der Waals surface area contributed by atoms with E-state index in [9.17, 15) is 0 Å². The molecule has 78 valence electrons. The van der Waals surface area contributed by atoms with Crippen molar-refractivity contribution in [2.45, 2.75) is 31.2 Å². The fourth-order valence-corrected chi connectivity index (χ4v) is 2.27. The number of nitrogens with zero attached hydrogens (tertiary/aromatic N) is 2. The largest absolute Gasteiger partial charge is 0.313 e. The molecule has 0 aliphatic heterocycles. The molecule has 1 aromatic heterocycles. The van der Waals surface area contributed by atoms with Crippen LogP contribution in [0.15, 0.2) is 24.4 Å². The molecule has 3 nitrogen and oxygen atoms in total. The van der Waals surface area contributed by atoms with Gasteiger partial charge in [-0.25, -0.2) is 0 Å². The summed E-state index contributed by atoms with van der Waals surface area (Å²) in [5.41, 5.74) is 6.44. The number of rotatable bonds is 2. The number of hydrogen-bond donors (Lipinski definition) is 1. The molecule has 1 aliphatic rings. The summed E-state index contributed by atoms with van der Waals surface area (Å²) in [4.78, 5) is 4.29. The van der Waals surface area contributed by atoms with Crippen molar-refractivity contribution in [3.05, 3.63) is 30.1 Å². The lowest BCUT2D eigenvalue weighted by Crippen LogP contribution is -2.34. The molecule has 15 heavy (non-hydrogen) atoms. The topological polar surface area (TPSA) is 62.7 Å². The molecular formula is C12H15N3. The molecule has 1 heterocycles. The van der Waals surface area contributed by atoms with Crippen LogP contribution >= 0.6 is 0 Å². The molecule has 0 amide bonds. The molecule has 0 bridgehead atoms. The van der Waals surface area contributed by atoms with Crippen molar-refractivity contribution in [2.24, 2.45) is 11.7 Å². The highest BCUT2D eigenvalue weighted by Gasteiger charge is 2.35. The summed E-state index contributed by atoms with van der Waals surface area (Å²) in [7, 11) is 0. The van der Waals surface area contributed by atoms with Crippen molar-refractivity contribution in [3.8, 4) is 6.07 Å². The maximum Gasteiger partial charge on any atom is 0.104 e. The Hall–Kier alpha value is -1.40. The first-order valence-corrected chi connectivity index (χ1v) is 5.32. The van der Waals surface area contributed by atoms with E-state index in [0.29, 0.717) is 5.92 Å². The van der Waals surface area contributed by atoms with E-state index >= 15 is 0 Å². The first-order chi connectivity index (χ1) is 7.22. The number of pyridine rings is 1. The Morgan fingerprint density at radius 1 is 1.60 bits per heavy atom. The molecule has 2 atom stereocenters. The van der Waals surface area contributed by atoms with Gasteiger partial charge in [-0.1, -0.05) is 6.07 Å². The number of nitrogens with two attached hydrogens (primary N) is 1. The Kier molecular flexibility index (Phi) is 2.70. The van der Waals surface area contributed by atoms with Crippen molar-refractivity contribution in [1.29, 1.82) is 5.26 Å². The molecule has 1 saturated carbocycles. The highest BCUT2D eigenvalue weighted by molar-refractivity contribution is 5.12. The Labute approximate surface area is 89.9 Å². The predicted molar refractivity (Wildman–Crippen MR) is 57.8 cm³/mol. The summed E-state index contributed by atoms with van der Waals surface area (Å²) in [5.74, 6) is 0.518. The maximum absolute atomic E-state index is 8.92. The van der Waals surface area contributed by atoms with E-state index in [1.807, 2.05) is 24.4 Å². The molecule has 0 spiro atoms. The van der Waals surface area contributed by atoms with E-state index in [2.05, 4.69) is 11.1 Å². The van der Waals surface area contributed by atoms with Gasteiger partial charge in [0.15, 0.2) is 0 Å². The zero-order chi connectivity index (χ0) is 10.7.